The topological polar surface area (TPSA) is 117 Å². The average molecular weight is 485 g/mol. The number of imide groups is 2. The monoisotopic (exact) mass is 484 g/mol. The van der Waals surface area contributed by atoms with Gasteiger partial charge in [0.15, 0.2) is 0 Å². The van der Waals surface area contributed by atoms with Gasteiger partial charge in [0.2, 0.25) is 0 Å². The third-order valence-electron chi connectivity index (χ3n) is 4.98. The van der Waals surface area contributed by atoms with Crippen molar-refractivity contribution in [1.82, 2.24) is 5.32 Å². The van der Waals surface area contributed by atoms with E-state index in [-0.39, 0.29) is 27.6 Å². The highest BCUT2D eigenvalue weighted by Crippen LogP contribution is 2.31. The van der Waals surface area contributed by atoms with Crippen molar-refractivity contribution >= 4 is 58.8 Å². The van der Waals surface area contributed by atoms with Crippen LogP contribution in [0, 0.1) is 6.92 Å². The quantitative estimate of drug-likeness (QED) is 0.400. The fourth-order valence-corrected chi connectivity index (χ4v) is 3.72. The van der Waals surface area contributed by atoms with Crippen LogP contribution < -0.4 is 10.2 Å². The van der Waals surface area contributed by atoms with Gasteiger partial charge in [0.05, 0.1) is 16.3 Å². The number of barbiturate groups is 1. The van der Waals surface area contributed by atoms with E-state index < -0.39 is 23.8 Å². The number of rotatable bonds is 4. The minimum absolute atomic E-state index is 0.0317. The lowest BCUT2D eigenvalue weighted by atomic mass is 10.1. The van der Waals surface area contributed by atoms with Crippen molar-refractivity contribution in [2.75, 3.05) is 4.90 Å². The molecule has 2 heterocycles. The number of carboxylic acids is 1. The molecule has 4 rings (SSSR count). The largest absolute Gasteiger partial charge is 0.478 e. The molecule has 1 aliphatic rings. The summed E-state index contributed by atoms with van der Waals surface area (Å²) in [4.78, 5) is 49.8. The molecule has 2 N–H and O–H groups in total. The Morgan fingerprint density at radius 3 is 2.52 bits per heavy atom. The van der Waals surface area contributed by atoms with Crippen molar-refractivity contribution in [2.24, 2.45) is 0 Å². The number of anilines is 1. The van der Waals surface area contributed by atoms with Gasteiger partial charge in [0.25, 0.3) is 11.8 Å². The fourth-order valence-electron chi connectivity index (χ4n) is 3.28. The fraction of sp³-hybridized carbons (Fsp3) is 0.0435. The first-order valence-electron chi connectivity index (χ1n) is 9.47. The molecule has 1 saturated heterocycles. The predicted molar refractivity (Wildman–Crippen MR) is 121 cm³/mol. The van der Waals surface area contributed by atoms with E-state index in [2.05, 4.69) is 5.32 Å². The maximum absolute atomic E-state index is 13.1. The smallest absolute Gasteiger partial charge is 0.337 e. The normalized spacial score (nSPS) is 15.2. The second kappa shape index (κ2) is 8.57. The minimum atomic E-state index is -1.16. The second-order valence-electron chi connectivity index (χ2n) is 7.04. The van der Waals surface area contributed by atoms with Gasteiger partial charge >= 0.3 is 12.0 Å². The number of benzene rings is 2. The van der Waals surface area contributed by atoms with E-state index in [1.807, 2.05) is 0 Å². The molecule has 0 aliphatic carbocycles. The molecule has 0 radical (unpaired) electrons. The summed E-state index contributed by atoms with van der Waals surface area (Å²) in [6, 6.07) is 11.3. The lowest BCUT2D eigenvalue weighted by molar-refractivity contribution is -0.122. The van der Waals surface area contributed by atoms with Crippen molar-refractivity contribution in [1.29, 1.82) is 0 Å². The van der Waals surface area contributed by atoms with Gasteiger partial charge < -0.3 is 9.52 Å². The third kappa shape index (κ3) is 4.13. The van der Waals surface area contributed by atoms with Crippen LogP contribution in [0.1, 0.15) is 21.7 Å². The van der Waals surface area contributed by atoms with Crippen LogP contribution in [0.5, 0.6) is 0 Å². The number of hydrogen-bond donors (Lipinski definition) is 2. The number of carboxylic acid groups (broad SMARTS) is 1. The SMILES string of the molecule is Cc1c(Cl)cccc1N1C(=O)NC(=O)/C(=C\c2ccc(-c3ccc(C(=O)O)c(Cl)c3)o2)C1=O. The third-order valence-corrected chi connectivity index (χ3v) is 5.70. The van der Waals surface area contributed by atoms with Crippen molar-refractivity contribution < 1.29 is 28.7 Å². The average Bonchev–Trinajstić information content (AvgIpc) is 3.22. The van der Waals surface area contributed by atoms with Crippen LogP contribution in [-0.2, 0) is 9.59 Å². The molecule has 10 heteroatoms. The van der Waals surface area contributed by atoms with E-state index in [0.29, 0.717) is 21.9 Å². The van der Waals surface area contributed by atoms with Crippen LogP contribution in [0.3, 0.4) is 0 Å². The van der Waals surface area contributed by atoms with Crippen LogP contribution in [-0.4, -0.2) is 28.9 Å². The molecule has 0 unspecified atom stereocenters. The van der Waals surface area contributed by atoms with Gasteiger partial charge in [0.1, 0.15) is 17.1 Å². The maximum Gasteiger partial charge on any atom is 0.337 e. The number of aromatic carboxylic acids is 1. The molecule has 33 heavy (non-hydrogen) atoms. The van der Waals surface area contributed by atoms with Gasteiger partial charge in [-0.2, -0.15) is 0 Å². The summed E-state index contributed by atoms with van der Waals surface area (Å²) in [6.07, 6.45) is 1.22. The number of amides is 4. The summed E-state index contributed by atoms with van der Waals surface area (Å²) >= 11 is 12.1. The van der Waals surface area contributed by atoms with E-state index in [0.717, 1.165) is 4.90 Å². The van der Waals surface area contributed by atoms with Crippen LogP contribution in [0.2, 0.25) is 10.0 Å². The van der Waals surface area contributed by atoms with Crippen molar-refractivity contribution in [3.05, 3.63) is 81.0 Å². The summed E-state index contributed by atoms with van der Waals surface area (Å²) in [7, 11) is 0. The number of carbonyl (C=O) groups excluding carboxylic acids is 3. The maximum atomic E-state index is 13.1. The Bertz CT molecular complexity index is 1380. The molecule has 166 valence electrons. The number of furan rings is 1. The van der Waals surface area contributed by atoms with Gasteiger partial charge in [-0.05, 0) is 55.0 Å². The number of hydrogen-bond acceptors (Lipinski definition) is 5. The zero-order valence-electron chi connectivity index (χ0n) is 16.9. The highest BCUT2D eigenvalue weighted by molar-refractivity contribution is 6.40. The summed E-state index contributed by atoms with van der Waals surface area (Å²) in [5.41, 5.74) is 0.879. The Morgan fingerprint density at radius 1 is 1.06 bits per heavy atom. The molecule has 1 aliphatic heterocycles. The Balaban J connectivity index is 1.68. The molecule has 4 amide bonds. The zero-order chi connectivity index (χ0) is 23.9. The van der Waals surface area contributed by atoms with E-state index in [9.17, 15) is 19.2 Å². The highest BCUT2D eigenvalue weighted by atomic mass is 35.5. The number of carbonyl (C=O) groups is 4. The first kappa shape index (κ1) is 22.3. The van der Waals surface area contributed by atoms with Crippen molar-refractivity contribution in [3.8, 4) is 11.3 Å². The molecule has 8 nitrogen and oxygen atoms in total. The number of nitrogens with zero attached hydrogens (tertiary/aromatic N) is 1. The Labute approximate surface area is 197 Å². The number of nitrogens with one attached hydrogen (secondary N) is 1. The van der Waals surface area contributed by atoms with E-state index >= 15 is 0 Å². The van der Waals surface area contributed by atoms with Crippen LogP contribution in [0.15, 0.2) is 58.5 Å². The second-order valence-corrected chi connectivity index (χ2v) is 7.86. The Morgan fingerprint density at radius 2 is 1.82 bits per heavy atom. The molecule has 0 bridgehead atoms. The Kier molecular flexibility index (Phi) is 5.80. The van der Waals surface area contributed by atoms with Crippen molar-refractivity contribution in [2.45, 2.75) is 6.92 Å². The molecule has 1 aromatic heterocycles. The van der Waals surface area contributed by atoms with E-state index in [1.165, 1.54) is 30.3 Å². The molecule has 0 saturated carbocycles. The predicted octanol–water partition coefficient (Wildman–Crippen LogP) is 4.93. The first-order valence-corrected chi connectivity index (χ1v) is 10.2. The van der Waals surface area contributed by atoms with Gasteiger partial charge in [0, 0.05) is 10.6 Å². The Hall–Kier alpha value is -3.88. The number of halogens is 2. The lowest BCUT2D eigenvalue weighted by Gasteiger charge is -2.27. The first-order chi connectivity index (χ1) is 15.7. The van der Waals surface area contributed by atoms with E-state index in [4.69, 9.17) is 32.7 Å². The molecule has 1 fully saturated rings. The lowest BCUT2D eigenvalue weighted by Crippen LogP contribution is -2.54. The summed E-state index contributed by atoms with van der Waals surface area (Å²) in [6.45, 7) is 1.65. The molecular formula is C23H14Cl2N2O6. The highest BCUT2D eigenvalue weighted by Gasteiger charge is 2.37. The summed E-state index contributed by atoms with van der Waals surface area (Å²) in [5, 5.41) is 11.6. The van der Waals surface area contributed by atoms with Crippen molar-refractivity contribution in [3.63, 3.8) is 0 Å². The molecule has 2 aromatic carbocycles. The van der Waals surface area contributed by atoms with Crippen LogP contribution >= 0.6 is 23.2 Å². The zero-order valence-corrected chi connectivity index (χ0v) is 18.4. The number of urea groups is 1. The molecular weight excluding hydrogens is 471 g/mol. The van der Waals surface area contributed by atoms with Crippen LogP contribution in [0.4, 0.5) is 10.5 Å². The van der Waals surface area contributed by atoms with Gasteiger partial charge in [-0.25, -0.2) is 14.5 Å². The van der Waals surface area contributed by atoms with Gasteiger partial charge in [-0.15, -0.1) is 0 Å². The summed E-state index contributed by atoms with van der Waals surface area (Å²) in [5.74, 6) is -2.36. The van der Waals surface area contributed by atoms with Crippen LogP contribution in [0.25, 0.3) is 17.4 Å². The molecule has 0 atom stereocenters. The summed E-state index contributed by atoms with van der Waals surface area (Å²) < 4.78 is 5.70. The standard InChI is InChI=1S/C23H14Cl2N2O6/c1-11-16(24)3-2-4-18(11)27-21(29)15(20(28)26-23(27)32)10-13-6-8-19(33-13)12-5-7-14(22(30)31)17(25)9-12/h2-10H,1H3,(H,30,31)(H,26,28,32)/b15-10+. The van der Waals surface area contributed by atoms with Gasteiger partial charge in [-0.3, -0.25) is 14.9 Å². The molecule has 0 spiro atoms. The van der Waals surface area contributed by atoms with Gasteiger partial charge in [-0.1, -0.05) is 35.3 Å². The minimum Gasteiger partial charge on any atom is -0.478 e. The molecule has 3 aromatic rings. The van der Waals surface area contributed by atoms with E-state index in [1.54, 1.807) is 31.2 Å².